The van der Waals surface area contributed by atoms with Gasteiger partial charge in [-0.2, -0.15) is 0 Å². The molecule has 0 heterocycles. The Labute approximate surface area is 88.1 Å². The van der Waals surface area contributed by atoms with Gasteiger partial charge in [0.15, 0.2) is 0 Å². The summed E-state index contributed by atoms with van der Waals surface area (Å²) in [5, 5.41) is 9.22. The number of benzene rings is 1. The molecule has 0 fully saturated rings. The number of hydrogen-bond acceptors (Lipinski definition) is 3. The normalized spacial score (nSPS) is 9.73. The molecule has 1 aromatic carbocycles. The molecule has 0 aliphatic rings. The number of ketones is 1. The number of hydrogen-bond donors (Lipinski definition) is 1. The first-order valence-corrected chi connectivity index (χ1v) is 4.55. The Morgan fingerprint density at radius 3 is 2.60 bits per heavy atom. The Morgan fingerprint density at radius 1 is 1.40 bits per heavy atom. The molecule has 0 spiro atoms. The van der Waals surface area contributed by atoms with E-state index in [1.54, 1.807) is 19.2 Å². The highest BCUT2D eigenvalue weighted by molar-refractivity contribution is 6.04. The first-order chi connectivity index (χ1) is 7.00. The lowest BCUT2D eigenvalue weighted by atomic mass is 10.2. The van der Waals surface area contributed by atoms with Crippen LogP contribution in [0.1, 0.15) is 13.3 Å². The highest BCUT2D eigenvalue weighted by atomic mass is 16.3. The lowest BCUT2D eigenvalue weighted by Gasteiger charge is -2.16. The van der Waals surface area contributed by atoms with E-state index in [-0.39, 0.29) is 23.9 Å². The minimum absolute atomic E-state index is 0.0926. The van der Waals surface area contributed by atoms with E-state index in [2.05, 4.69) is 0 Å². The van der Waals surface area contributed by atoms with Crippen LogP contribution in [0.4, 0.5) is 5.69 Å². The van der Waals surface area contributed by atoms with Crippen LogP contribution in [-0.2, 0) is 9.59 Å². The zero-order valence-corrected chi connectivity index (χ0v) is 8.73. The van der Waals surface area contributed by atoms with Gasteiger partial charge in [-0.1, -0.05) is 6.07 Å². The van der Waals surface area contributed by atoms with Crippen LogP contribution in [-0.4, -0.2) is 23.8 Å². The van der Waals surface area contributed by atoms with Crippen molar-refractivity contribution < 1.29 is 14.7 Å². The number of nitrogens with zero attached hydrogens (tertiary/aromatic N) is 1. The van der Waals surface area contributed by atoms with Crippen molar-refractivity contribution in [3.8, 4) is 5.75 Å². The van der Waals surface area contributed by atoms with E-state index in [9.17, 15) is 14.7 Å². The number of Topliss-reactive ketones (excluding diaryl/α,β-unsaturated/α-hetero) is 1. The van der Waals surface area contributed by atoms with Gasteiger partial charge in [-0.05, 0) is 19.1 Å². The van der Waals surface area contributed by atoms with Gasteiger partial charge < -0.3 is 10.0 Å². The van der Waals surface area contributed by atoms with Gasteiger partial charge in [-0.25, -0.2) is 0 Å². The summed E-state index contributed by atoms with van der Waals surface area (Å²) in [4.78, 5) is 23.6. The number of phenolic OH excluding ortho intramolecular Hbond substituents is 1. The van der Waals surface area contributed by atoms with E-state index in [1.807, 2.05) is 0 Å². The molecule has 0 aliphatic heterocycles. The van der Waals surface area contributed by atoms with Gasteiger partial charge in [0.1, 0.15) is 11.5 Å². The summed E-state index contributed by atoms with van der Waals surface area (Å²) in [6.07, 6.45) is -0.119. The summed E-state index contributed by atoms with van der Waals surface area (Å²) in [5.41, 5.74) is 0.571. The molecule has 80 valence electrons. The molecule has 4 heteroatoms. The molecule has 15 heavy (non-hydrogen) atoms. The number of phenols is 1. The minimum Gasteiger partial charge on any atom is -0.508 e. The summed E-state index contributed by atoms with van der Waals surface area (Å²) < 4.78 is 0. The average molecular weight is 207 g/mol. The molecule has 1 aromatic rings. The second-order valence-corrected chi connectivity index (χ2v) is 3.35. The fourth-order valence-electron chi connectivity index (χ4n) is 1.18. The van der Waals surface area contributed by atoms with Crippen molar-refractivity contribution >= 4 is 17.4 Å². The van der Waals surface area contributed by atoms with Gasteiger partial charge in [0.2, 0.25) is 5.91 Å². The maximum Gasteiger partial charge on any atom is 0.234 e. The summed E-state index contributed by atoms with van der Waals surface area (Å²) in [7, 11) is 1.57. The zero-order valence-electron chi connectivity index (χ0n) is 8.73. The van der Waals surface area contributed by atoms with E-state index in [1.165, 1.54) is 24.0 Å². The molecule has 1 rings (SSSR count). The molecule has 0 unspecified atom stereocenters. The Hall–Kier alpha value is -1.84. The van der Waals surface area contributed by atoms with Gasteiger partial charge in [-0.3, -0.25) is 9.59 Å². The van der Waals surface area contributed by atoms with Gasteiger partial charge in [0, 0.05) is 18.8 Å². The minimum atomic E-state index is -0.284. The van der Waals surface area contributed by atoms with Crippen molar-refractivity contribution in [2.24, 2.45) is 0 Å². The van der Waals surface area contributed by atoms with Crippen LogP contribution in [0.15, 0.2) is 24.3 Å². The van der Waals surface area contributed by atoms with E-state index >= 15 is 0 Å². The second kappa shape index (κ2) is 4.59. The van der Waals surface area contributed by atoms with Gasteiger partial charge in [0.25, 0.3) is 0 Å². The second-order valence-electron chi connectivity index (χ2n) is 3.35. The number of aromatic hydroxyl groups is 1. The predicted molar refractivity (Wildman–Crippen MR) is 56.8 cm³/mol. The highest BCUT2D eigenvalue weighted by Crippen LogP contribution is 2.19. The number of carbonyl (C=O) groups is 2. The van der Waals surface area contributed by atoms with Crippen LogP contribution in [0.2, 0.25) is 0 Å². The fraction of sp³-hybridized carbons (Fsp3) is 0.273. The number of amides is 1. The SMILES string of the molecule is CC(=O)CC(=O)N(C)c1cccc(O)c1. The summed E-state index contributed by atoms with van der Waals surface area (Å²) in [5.74, 6) is -0.366. The van der Waals surface area contributed by atoms with Crippen molar-refractivity contribution in [1.82, 2.24) is 0 Å². The van der Waals surface area contributed by atoms with E-state index in [0.717, 1.165) is 0 Å². The lowest BCUT2D eigenvalue weighted by Crippen LogP contribution is -2.27. The highest BCUT2D eigenvalue weighted by Gasteiger charge is 2.12. The van der Waals surface area contributed by atoms with E-state index < -0.39 is 0 Å². The molecule has 0 aliphatic carbocycles. The van der Waals surface area contributed by atoms with Gasteiger partial charge in [0.05, 0.1) is 6.42 Å². The van der Waals surface area contributed by atoms with E-state index in [0.29, 0.717) is 5.69 Å². The van der Waals surface area contributed by atoms with Crippen LogP contribution in [0.25, 0.3) is 0 Å². The molecular formula is C11H13NO3. The summed E-state index contributed by atoms with van der Waals surface area (Å²) in [6, 6.07) is 6.32. The third-order valence-corrected chi connectivity index (χ3v) is 1.99. The van der Waals surface area contributed by atoms with Crippen LogP contribution in [0, 0.1) is 0 Å². The first kappa shape index (κ1) is 11.2. The smallest absolute Gasteiger partial charge is 0.234 e. The third-order valence-electron chi connectivity index (χ3n) is 1.99. The Morgan fingerprint density at radius 2 is 2.07 bits per heavy atom. The fourth-order valence-corrected chi connectivity index (χ4v) is 1.18. The Kier molecular flexibility index (Phi) is 3.44. The molecule has 0 radical (unpaired) electrons. The third kappa shape index (κ3) is 3.09. The standard InChI is InChI=1S/C11H13NO3/c1-8(13)6-11(15)12(2)9-4-3-5-10(14)7-9/h3-5,7,14H,6H2,1-2H3. The molecule has 0 bridgehead atoms. The Balaban J connectivity index is 2.80. The largest absolute Gasteiger partial charge is 0.508 e. The molecule has 0 saturated heterocycles. The molecule has 0 aromatic heterocycles. The lowest BCUT2D eigenvalue weighted by molar-refractivity contribution is -0.125. The monoisotopic (exact) mass is 207 g/mol. The summed E-state index contributed by atoms with van der Waals surface area (Å²) in [6.45, 7) is 1.37. The van der Waals surface area contributed by atoms with Crippen molar-refractivity contribution in [2.75, 3.05) is 11.9 Å². The molecular weight excluding hydrogens is 194 g/mol. The van der Waals surface area contributed by atoms with Crippen LogP contribution in [0.3, 0.4) is 0 Å². The molecule has 0 atom stereocenters. The van der Waals surface area contributed by atoms with Gasteiger partial charge >= 0.3 is 0 Å². The van der Waals surface area contributed by atoms with E-state index in [4.69, 9.17) is 0 Å². The topological polar surface area (TPSA) is 57.6 Å². The number of rotatable bonds is 3. The van der Waals surface area contributed by atoms with Crippen molar-refractivity contribution in [1.29, 1.82) is 0 Å². The summed E-state index contributed by atoms with van der Waals surface area (Å²) >= 11 is 0. The van der Waals surface area contributed by atoms with Crippen LogP contribution in [0.5, 0.6) is 5.75 Å². The van der Waals surface area contributed by atoms with Crippen molar-refractivity contribution in [3.05, 3.63) is 24.3 Å². The first-order valence-electron chi connectivity index (χ1n) is 4.55. The molecule has 4 nitrogen and oxygen atoms in total. The average Bonchev–Trinajstić information content (AvgIpc) is 2.15. The molecule has 1 amide bonds. The zero-order chi connectivity index (χ0) is 11.4. The van der Waals surface area contributed by atoms with Gasteiger partial charge in [-0.15, -0.1) is 0 Å². The van der Waals surface area contributed by atoms with Crippen LogP contribution >= 0.6 is 0 Å². The quantitative estimate of drug-likeness (QED) is 0.761. The van der Waals surface area contributed by atoms with Crippen LogP contribution < -0.4 is 4.90 Å². The Bertz CT molecular complexity index is 387. The maximum absolute atomic E-state index is 11.5. The maximum atomic E-state index is 11.5. The number of carbonyl (C=O) groups excluding carboxylic acids is 2. The predicted octanol–water partition coefficient (Wildman–Crippen LogP) is 1.33. The molecule has 0 saturated carbocycles. The van der Waals surface area contributed by atoms with Crippen molar-refractivity contribution in [2.45, 2.75) is 13.3 Å². The molecule has 1 N–H and O–H groups in total. The number of anilines is 1. The van der Waals surface area contributed by atoms with Crippen molar-refractivity contribution in [3.63, 3.8) is 0 Å².